The van der Waals surface area contributed by atoms with Crippen LogP contribution in [0.1, 0.15) is 15.9 Å². The first-order valence-electron chi connectivity index (χ1n) is 5.04. The Hall–Kier alpha value is -1.48. The lowest BCUT2D eigenvalue weighted by atomic mass is 9.97. The highest BCUT2D eigenvalue weighted by atomic mass is 79.9. The number of halogens is 1. The fourth-order valence-corrected chi connectivity index (χ4v) is 2.76. The van der Waals surface area contributed by atoms with Gasteiger partial charge in [0.25, 0.3) is 5.91 Å². The van der Waals surface area contributed by atoms with Gasteiger partial charge >= 0.3 is 0 Å². The maximum Gasteiger partial charge on any atom is 0.277 e. The molecule has 2 aromatic rings. The molecule has 0 aliphatic carbocycles. The Kier molecular flexibility index (Phi) is 2.14. The zero-order valence-electron chi connectivity index (χ0n) is 8.40. The highest BCUT2D eigenvalue weighted by molar-refractivity contribution is 9.10. The number of fused-ring (bicyclic) bond motifs is 2. The molecule has 3 rings (SSSR count). The molecule has 2 aromatic carbocycles. The van der Waals surface area contributed by atoms with Crippen LogP contribution in [-0.2, 0) is 6.42 Å². The summed E-state index contributed by atoms with van der Waals surface area (Å²) in [5.41, 5.74) is 1.76. The number of benzene rings is 2. The van der Waals surface area contributed by atoms with Gasteiger partial charge in [-0.05, 0) is 38.3 Å². The predicted molar refractivity (Wildman–Crippen MR) is 68.2 cm³/mol. The number of aliphatic imine (C=N–C) groups is 1. The van der Waals surface area contributed by atoms with E-state index in [0.29, 0.717) is 12.0 Å². The summed E-state index contributed by atoms with van der Waals surface area (Å²) in [4.78, 5) is 15.5. The molecule has 1 aliphatic rings. The number of hydrogen-bond donors (Lipinski definition) is 0. The molecule has 0 radical (unpaired) electrons. The van der Waals surface area contributed by atoms with Gasteiger partial charge in [-0.25, -0.2) is 4.99 Å². The van der Waals surface area contributed by atoms with Crippen LogP contribution in [0.25, 0.3) is 10.8 Å². The van der Waals surface area contributed by atoms with Crippen molar-refractivity contribution in [3.05, 3.63) is 45.9 Å². The second kappa shape index (κ2) is 3.52. The second-order valence-electron chi connectivity index (χ2n) is 3.76. The minimum atomic E-state index is -0.146. The average Bonchev–Trinajstić information content (AvgIpc) is 2.31. The first-order chi connectivity index (χ1) is 7.77. The first-order valence-corrected chi connectivity index (χ1v) is 5.83. The van der Waals surface area contributed by atoms with Crippen LogP contribution < -0.4 is 0 Å². The Morgan fingerprint density at radius 2 is 2.06 bits per heavy atom. The highest BCUT2D eigenvalue weighted by Crippen LogP contribution is 2.32. The molecule has 0 saturated carbocycles. The van der Waals surface area contributed by atoms with Crippen molar-refractivity contribution < 1.29 is 4.79 Å². The van der Waals surface area contributed by atoms with Crippen molar-refractivity contribution in [3.8, 4) is 0 Å². The quantitative estimate of drug-likeness (QED) is 0.724. The zero-order chi connectivity index (χ0) is 11.1. The topological polar surface area (TPSA) is 29.4 Å². The van der Waals surface area contributed by atoms with E-state index in [9.17, 15) is 4.79 Å². The number of amides is 1. The molecular formula is C13H8BrNO. The first kappa shape index (κ1) is 9.73. The van der Waals surface area contributed by atoms with E-state index in [1.807, 2.05) is 24.3 Å². The van der Waals surface area contributed by atoms with Gasteiger partial charge in [0.15, 0.2) is 0 Å². The molecule has 0 aromatic heterocycles. The van der Waals surface area contributed by atoms with Crippen LogP contribution >= 0.6 is 15.9 Å². The summed E-state index contributed by atoms with van der Waals surface area (Å²) >= 11 is 3.58. The van der Waals surface area contributed by atoms with Crippen molar-refractivity contribution in [2.75, 3.05) is 0 Å². The molecule has 3 heteroatoms. The maximum atomic E-state index is 11.7. The second-order valence-corrected chi connectivity index (χ2v) is 4.55. The van der Waals surface area contributed by atoms with Gasteiger partial charge in [-0.3, -0.25) is 4.79 Å². The Morgan fingerprint density at radius 3 is 2.94 bits per heavy atom. The highest BCUT2D eigenvalue weighted by Gasteiger charge is 2.18. The number of hydrogen-bond acceptors (Lipinski definition) is 1. The maximum absolute atomic E-state index is 11.7. The molecule has 0 atom stereocenters. The van der Waals surface area contributed by atoms with Gasteiger partial charge in [0, 0.05) is 22.7 Å². The number of carbonyl (C=O) groups is 1. The predicted octanol–water partition coefficient (Wildman–Crippen LogP) is 3.37. The summed E-state index contributed by atoms with van der Waals surface area (Å²) in [6.07, 6.45) is 2.39. The Morgan fingerprint density at radius 1 is 1.25 bits per heavy atom. The Balaban J connectivity index is 2.43. The van der Waals surface area contributed by atoms with E-state index in [-0.39, 0.29) is 5.91 Å². The summed E-state index contributed by atoms with van der Waals surface area (Å²) in [6.45, 7) is 0. The van der Waals surface area contributed by atoms with Crippen LogP contribution in [0.2, 0.25) is 0 Å². The van der Waals surface area contributed by atoms with Crippen molar-refractivity contribution in [1.82, 2.24) is 0 Å². The van der Waals surface area contributed by atoms with Crippen molar-refractivity contribution >= 4 is 38.8 Å². The van der Waals surface area contributed by atoms with Crippen LogP contribution in [0.5, 0.6) is 0 Å². The molecule has 16 heavy (non-hydrogen) atoms. The fraction of sp³-hybridized carbons (Fsp3) is 0.0769. The van der Waals surface area contributed by atoms with Gasteiger partial charge in [0.05, 0.1) is 0 Å². The third-order valence-corrected chi connectivity index (χ3v) is 3.73. The van der Waals surface area contributed by atoms with Gasteiger partial charge in [-0.2, -0.15) is 0 Å². The lowest BCUT2D eigenvalue weighted by Crippen LogP contribution is -2.09. The standard InChI is InChI=1S/C13H8BrNO/c14-12-9-4-2-1-3-8(9)7-11-10(12)5-6-15-13(11)16/h1-4,6-7H,5H2. The van der Waals surface area contributed by atoms with E-state index in [4.69, 9.17) is 0 Å². The van der Waals surface area contributed by atoms with Crippen molar-refractivity contribution in [2.45, 2.75) is 6.42 Å². The van der Waals surface area contributed by atoms with Crippen LogP contribution in [0.4, 0.5) is 0 Å². The smallest absolute Gasteiger partial charge is 0.267 e. The van der Waals surface area contributed by atoms with Crippen LogP contribution in [0, 0.1) is 0 Å². The van der Waals surface area contributed by atoms with Crippen molar-refractivity contribution in [2.24, 2.45) is 4.99 Å². The molecule has 1 aliphatic heterocycles. The molecule has 0 N–H and O–H groups in total. The summed E-state index contributed by atoms with van der Waals surface area (Å²) in [7, 11) is 0. The molecule has 1 amide bonds. The summed E-state index contributed by atoms with van der Waals surface area (Å²) in [5.74, 6) is -0.146. The third-order valence-electron chi connectivity index (χ3n) is 2.82. The number of nitrogens with zero attached hydrogens (tertiary/aromatic N) is 1. The van der Waals surface area contributed by atoms with Crippen LogP contribution in [0.3, 0.4) is 0 Å². The molecule has 0 saturated heterocycles. The van der Waals surface area contributed by atoms with Crippen LogP contribution in [0.15, 0.2) is 39.8 Å². The van der Waals surface area contributed by atoms with E-state index < -0.39 is 0 Å². The van der Waals surface area contributed by atoms with Crippen molar-refractivity contribution in [1.29, 1.82) is 0 Å². The molecule has 0 unspecified atom stereocenters. The van der Waals surface area contributed by atoms with E-state index >= 15 is 0 Å². The zero-order valence-corrected chi connectivity index (χ0v) is 9.99. The van der Waals surface area contributed by atoms with E-state index in [1.165, 1.54) is 0 Å². The molecule has 2 nitrogen and oxygen atoms in total. The third kappa shape index (κ3) is 1.32. The summed E-state index contributed by atoms with van der Waals surface area (Å²) < 4.78 is 1.01. The molecule has 0 spiro atoms. The SMILES string of the molecule is O=C1N=CCc2c1cc1ccccc1c2Br. The van der Waals surface area contributed by atoms with Gasteiger partial charge in [0.1, 0.15) is 0 Å². The van der Waals surface area contributed by atoms with E-state index in [0.717, 1.165) is 20.8 Å². The van der Waals surface area contributed by atoms with E-state index in [2.05, 4.69) is 27.0 Å². The molecule has 0 bridgehead atoms. The lowest BCUT2D eigenvalue weighted by Gasteiger charge is -2.13. The average molecular weight is 274 g/mol. The molecular weight excluding hydrogens is 266 g/mol. The van der Waals surface area contributed by atoms with Crippen LogP contribution in [-0.4, -0.2) is 12.1 Å². The molecule has 0 fully saturated rings. The Bertz CT molecular complexity index is 631. The normalized spacial score (nSPS) is 14.2. The largest absolute Gasteiger partial charge is 0.277 e. The number of carbonyl (C=O) groups excluding carboxylic acids is 1. The minimum Gasteiger partial charge on any atom is -0.267 e. The monoisotopic (exact) mass is 273 g/mol. The number of rotatable bonds is 0. The minimum absolute atomic E-state index is 0.146. The fourth-order valence-electron chi connectivity index (χ4n) is 2.03. The van der Waals surface area contributed by atoms with Gasteiger partial charge in [-0.15, -0.1) is 0 Å². The van der Waals surface area contributed by atoms with Gasteiger partial charge in [-0.1, -0.05) is 24.3 Å². The van der Waals surface area contributed by atoms with Crippen molar-refractivity contribution in [3.63, 3.8) is 0 Å². The lowest BCUT2D eigenvalue weighted by molar-refractivity contribution is 0.100. The van der Waals surface area contributed by atoms with Gasteiger partial charge < -0.3 is 0 Å². The van der Waals surface area contributed by atoms with E-state index in [1.54, 1.807) is 6.21 Å². The molecule has 78 valence electrons. The summed E-state index contributed by atoms with van der Waals surface area (Å²) in [5, 5.41) is 2.21. The summed E-state index contributed by atoms with van der Waals surface area (Å²) in [6, 6.07) is 9.95. The Labute approximate surface area is 101 Å². The van der Waals surface area contributed by atoms with Gasteiger partial charge in [0.2, 0.25) is 0 Å². The molecule has 1 heterocycles.